The van der Waals surface area contributed by atoms with Crippen LogP contribution >= 0.6 is 0 Å². The summed E-state index contributed by atoms with van der Waals surface area (Å²) in [5, 5.41) is 12.8. The van der Waals surface area contributed by atoms with Crippen LogP contribution in [0, 0.1) is 0 Å². The van der Waals surface area contributed by atoms with Crippen LogP contribution in [0.5, 0.6) is 0 Å². The van der Waals surface area contributed by atoms with Gasteiger partial charge >= 0.3 is 0 Å². The van der Waals surface area contributed by atoms with Gasteiger partial charge in [0, 0.05) is 43.8 Å². The Morgan fingerprint density at radius 2 is 1.17 bits per heavy atom. The maximum absolute atomic E-state index is 6.61. The maximum atomic E-state index is 6.61. The summed E-state index contributed by atoms with van der Waals surface area (Å²) >= 11 is 0. The summed E-state index contributed by atoms with van der Waals surface area (Å²) < 4.78 is 13.1. The van der Waals surface area contributed by atoms with E-state index in [0.717, 1.165) is 82.9 Å². The van der Waals surface area contributed by atoms with Gasteiger partial charge in [-0.15, -0.1) is 0 Å². The van der Waals surface area contributed by atoms with Crippen molar-refractivity contribution in [1.29, 1.82) is 0 Å². The SMILES string of the molecule is c1ccc(C2=NC(c3c(-c4cccc5c4oc4ccccc45)ccc4oc5ccccc5c34)NC(c3ccc4c(ccc5ccccc54)c3)=N2)cc1. The van der Waals surface area contributed by atoms with Gasteiger partial charge in [0.05, 0.1) is 0 Å². The fraction of sp³-hybridized carbons (Fsp3) is 0.0213. The number of nitrogens with one attached hydrogen (secondary N) is 1. The molecule has 0 radical (unpaired) electrons. The van der Waals surface area contributed by atoms with E-state index in [0.29, 0.717) is 5.84 Å². The van der Waals surface area contributed by atoms with E-state index in [1.165, 1.54) is 16.2 Å². The van der Waals surface area contributed by atoms with Gasteiger partial charge in [0.1, 0.15) is 34.3 Å². The summed E-state index contributed by atoms with van der Waals surface area (Å²) in [7, 11) is 0. The molecule has 0 amide bonds. The number of aliphatic imine (C=N–C) groups is 2. The van der Waals surface area contributed by atoms with Crippen LogP contribution in [0.1, 0.15) is 22.9 Å². The Balaban J connectivity index is 1.17. The molecule has 1 N–H and O–H groups in total. The Kier molecular flexibility index (Phi) is 6.25. The van der Waals surface area contributed by atoms with Crippen LogP contribution in [0.3, 0.4) is 0 Å². The molecule has 0 fully saturated rings. The van der Waals surface area contributed by atoms with Crippen molar-refractivity contribution in [3.8, 4) is 11.1 Å². The summed E-state index contributed by atoms with van der Waals surface area (Å²) in [5.41, 5.74) is 8.29. The van der Waals surface area contributed by atoms with E-state index in [4.69, 9.17) is 18.8 Å². The van der Waals surface area contributed by atoms with Crippen molar-refractivity contribution in [2.75, 3.05) is 0 Å². The highest BCUT2D eigenvalue weighted by molar-refractivity contribution is 6.17. The van der Waals surface area contributed by atoms with E-state index >= 15 is 0 Å². The zero-order valence-corrected chi connectivity index (χ0v) is 27.9. The Hall–Kier alpha value is -6.98. The Labute approximate surface area is 298 Å². The highest BCUT2D eigenvalue weighted by atomic mass is 16.3. The third kappa shape index (κ3) is 4.42. The summed E-state index contributed by atoms with van der Waals surface area (Å²) in [4.78, 5) is 10.6. The zero-order valence-electron chi connectivity index (χ0n) is 27.9. The number of hydrogen-bond acceptors (Lipinski definition) is 5. The van der Waals surface area contributed by atoms with Crippen LogP contribution in [0.4, 0.5) is 0 Å². The molecule has 244 valence electrons. The van der Waals surface area contributed by atoms with Gasteiger partial charge in [-0.1, -0.05) is 140 Å². The third-order valence-corrected chi connectivity index (χ3v) is 10.3. The van der Waals surface area contributed by atoms with Crippen molar-refractivity contribution in [3.05, 3.63) is 180 Å². The number of rotatable bonds is 4. The first-order valence-electron chi connectivity index (χ1n) is 17.5. The minimum Gasteiger partial charge on any atom is -0.456 e. The Bertz CT molecular complexity index is 3110. The van der Waals surface area contributed by atoms with Crippen LogP contribution in [-0.2, 0) is 0 Å². The van der Waals surface area contributed by atoms with Crippen LogP contribution in [-0.4, -0.2) is 11.7 Å². The zero-order chi connectivity index (χ0) is 34.2. The molecule has 11 rings (SSSR count). The molecular formula is C47H29N3O2. The molecule has 2 aromatic heterocycles. The maximum Gasteiger partial charge on any atom is 0.159 e. The summed E-state index contributed by atoms with van der Waals surface area (Å²) in [5.74, 6) is 1.42. The quantitative estimate of drug-likeness (QED) is 0.190. The number of hydrogen-bond donors (Lipinski definition) is 1. The second-order valence-electron chi connectivity index (χ2n) is 13.3. The second kappa shape index (κ2) is 11.3. The molecule has 52 heavy (non-hydrogen) atoms. The monoisotopic (exact) mass is 667 g/mol. The molecule has 1 aliphatic heterocycles. The predicted octanol–water partition coefficient (Wildman–Crippen LogP) is 12.0. The van der Waals surface area contributed by atoms with Gasteiger partial charge in [-0.05, 0) is 51.4 Å². The van der Waals surface area contributed by atoms with E-state index in [-0.39, 0.29) is 0 Å². The molecule has 0 spiro atoms. The molecule has 0 bridgehead atoms. The fourth-order valence-corrected chi connectivity index (χ4v) is 7.94. The molecule has 0 saturated heterocycles. The van der Waals surface area contributed by atoms with Gasteiger partial charge in [-0.2, -0.15) is 0 Å². The highest BCUT2D eigenvalue weighted by Crippen LogP contribution is 2.44. The van der Waals surface area contributed by atoms with E-state index in [2.05, 4.69) is 127 Å². The van der Waals surface area contributed by atoms with Crippen LogP contribution in [0.25, 0.3) is 76.5 Å². The standard InChI is InChI=1S/C47H29N3O2/c1-2-12-29(13-3-1)45-48-46(31-23-24-33-30(27-31)22-21-28-11-4-5-14-32(28)33)50-47(49-45)43-35(25-26-41-42(43)38-16-7-9-20-40(38)51-41)37-18-10-17-36-34-15-6-8-19-39(34)52-44(36)37/h1-27,47H,(H,48,49,50). The van der Waals surface area contributed by atoms with Gasteiger partial charge in [0.25, 0.3) is 0 Å². The Morgan fingerprint density at radius 1 is 0.462 bits per heavy atom. The first kappa shape index (κ1) is 28.8. The molecule has 0 saturated carbocycles. The predicted molar refractivity (Wildman–Crippen MR) is 213 cm³/mol. The molecule has 1 unspecified atom stereocenters. The van der Waals surface area contributed by atoms with Crippen LogP contribution in [0.15, 0.2) is 183 Å². The average molecular weight is 668 g/mol. The van der Waals surface area contributed by atoms with Crippen LogP contribution < -0.4 is 5.32 Å². The lowest BCUT2D eigenvalue weighted by molar-refractivity contribution is 0.661. The molecule has 3 heterocycles. The van der Waals surface area contributed by atoms with Crippen molar-refractivity contribution in [1.82, 2.24) is 5.32 Å². The summed E-state index contributed by atoms with van der Waals surface area (Å²) in [6.45, 7) is 0. The normalized spacial score (nSPS) is 14.7. The van der Waals surface area contributed by atoms with E-state index < -0.39 is 6.17 Å². The molecule has 10 aromatic rings. The second-order valence-corrected chi connectivity index (χ2v) is 13.3. The van der Waals surface area contributed by atoms with Crippen molar-refractivity contribution in [2.24, 2.45) is 9.98 Å². The minimum atomic E-state index is -0.505. The summed E-state index contributed by atoms with van der Waals surface area (Å²) in [6, 6.07) is 56.8. The first-order valence-corrected chi connectivity index (χ1v) is 17.5. The molecule has 1 atom stereocenters. The molecule has 1 aliphatic rings. The molecule has 5 nitrogen and oxygen atoms in total. The van der Waals surface area contributed by atoms with Gasteiger partial charge in [-0.3, -0.25) is 0 Å². The van der Waals surface area contributed by atoms with E-state index in [1.807, 2.05) is 42.5 Å². The fourth-order valence-electron chi connectivity index (χ4n) is 7.94. The van der Waals surface area contributed by atoms with Crippen LogP contribution in [0.2, 0.25) is 0 Å². The lowest BCUT2D eigenvalue weighted by Gasteiger charge is -2.26. The third-order valence-electron chi connectivity index (χ3n) is 10.3. The molecule has 8 aromatic carbocycles. The van der Waals surface area contributed by atoms with Gasteiger partial charge in [-0.25, -0.2) is 9.98 Å². The largest absolute Gasteiger partial charge is 0.456 e. The molecular weight excluding hydrogens is 639 g/mol. The van der Waals surface area contributed by atoms with Crippen molar-refractivity contribution >= 4 is 77.1 Å². The average Bonchev–Trinajstić information content (AvgIpc) is 3.79. The first-order chi connectivity index (χ1) is 25.8. The minimum absolute atomic E-state index is 0.505. The molecule has 0 aliphatic carbocycles. The van der Waals surface area contributed by atoms with E-state index in [1.54, 1.807) is 0 Å². The Morgan fingerprint density at radius 3 is 2.06 bits per heavy atom. The number of amidine groups is 2. The topological polar surface area (TPSA) is 63.0 Å². The van der Waals surface area contributed by atoms with Gasteiger partial charge in [0.15, 0.2) is 5.84 Å². The number of nitrogens with zero attached hydrogens (tertiary/aromatic N) is 2. The van der Waals surface area contributed by atoms with Gasteiger partial charge in [0.2, 0.25) is 0 Å². The van der Waals surface area contributed by atoms with Crippen molar-refractivity contribution < 1.29 is 8.83 Å². The number of benzene rings is 8. The summed E-state index contributed by atoms with van der Waals surface area (Å²) in [6.07, 6.45) is -0.505. The van der Waals surface area contributed by atoms with Gasteiger partial charge < -0.3 is 14.2 Å². The lowest BCUT2D eigenvalue weighted by Crippen LogP contribution is -2.34. The highest BCUT2D eigenvalue weighted by Gasteiger charge is 2.29. The van der Waals surface area contributed by atoms with E-state index in [9.17, 15) is 0 Å². The van der Waals surface area contributed by atoms with Crippen molar-refractivity contribution in [3.63, 3.8) is 0 Å². The smallest absolute Gasteiger partial charge is 0.159 e. The number of para-hydroxylation sites is 3. The van der Waals surface area contributed by atoms with Crippen molar-refractivity contribution in [2.45, 2.75) is 6.17 Å². The lowest BCUT2D eigenvalue weighted by atomic mass is 9.92. The number of fused-ring (bicyclic) bond motifs is 9. The number of furan rings is 2. The molecule has 5 heteroatoms.